The summed E-state index contributed by atoms with van der Waals surface area (Å²) in [5.41, 5.74) is 0. The molecule has 0 spiro atoms. The van der Waals surface area contributed by atoms with Crippen molar-refractivity contribution in [2.24, 2.45) is 29.6 Å². The Balaban J connectivity index is 1.69. The molecule has 0 aliphatic heterocycles. The van der Waals surface area contributed by atoms with E-state index in [4.69, 9.17) is 4.74 Å². The van der Waals surface area contributed by atoms with Crippen LogP contribution in [0.3, 0.4) is 0 Å². The first-order valence-corrected chi connectivity index (χ1v) is 8.12. The summed E-state index contributed by atoms with van der Waals surface area (Å²) >= 11 is 0. The topological polar surface area (TPSA) is 21.3 Å². The highest BCUT2D eigenvalue weighted by Crippen LogP contribution is 2.57. The smallest absolute Gasteiger partial charge is 0.0622 e. The quantitative estimate of drug-likeness (QED) is 0.783. The van der Waals surface area contributed by atoms with Crippen LogP contribution in [0.5, 0.6) is 0 Å². The molecule has 0 radical (unpaired) electrons. The molecule has 104 valence electrons. The first-order chi connectivity index (χ1) is 8.81. The van der Waals surface area contributed by atoms with E-state index >= 15 is 0 Å². The van der Waals surface area contributed by atoms with Crippen LogP contribution in [0.25, 0.3) is 0 Å². The van der Waals surface area contributed by atoms with Crippen LogP contribution in [-0.4, -0.2) is 25.8 Å². The highest BCUT2D eigenvalue weighted by atomic mass is 16.5. The molecule has 2 nitrogen and oxygen atoms in total. The lowest BCUT2D eigenvalue weighted by molar-refractivity contribution is -0.0639. The van der Waals surface area contributed by atoms with Gasteiger partial charge < -0.3 is 10.1 Å². The van der Waals surface area contributed by atoms with Crippen LogP contribution in [0.15, 0.2) is 0 Å². The van der Waals surface area contributed by atoms with Gasteiger partial charge in [0.15, 0.2) is 0 Å². The van der Waals surface area contributed by atoms with Gasteiger partial charge in [-0.05, 0) is 75.2 Å². The summed E-state index contributed by atoms with van der Waals surface area (Å²) in [6, 6.07) is 0.616. The van der Waals surface area contributed by atoms with Crippen molar-refractivity contribution in [1.82, 2.24) is 5.32 Å². The van der Waals surface area contributed by atoms with Crippen molar-refractivity contribution in [2.45, 2.75) is 52.0 Å². The summed E-state index contributed by atoms with van der Waals surface area (Å²) in [5.74, 6) is 5.08. The molecule has 18 heavy (non-hydrogen) atoms. The molecule has 0 aromatic rings. The maximum atomic E-state index is 5.74. The van der Waals surface area contributed by atoms with Gasteiger partial charge in [-0.1, -0.05) is 6.92 Å². The molecular formula is C16H29NO. The second-order valence-corrected chi connectivity index (χ2v) is 6.83. The van der Waals surface area contributed by atoms with Gasteiger partial charge in [-0.2, -0.15) is 0 Å². The van der Waals surface area contributed by atoms with E-state index in [1.54, 1.807) is 6.42 Å². The lowest BCUT2D eigenvalue weighted by Crippen LogP contribution is -2.54. The van der Waals surface area contributed by atoms with Gasteiger partial charge in [0.1, 0.15) is 0 Å². The first kappa shape index (κ1) is 12.9. The number of nitrogens with one attached hydrogen (secondary N) is 1. The van der Waals surface area contributed by atoms with Crippen molar-refractivity contribution in [3.8, 4) is 0 Å². The predicted octanol–water partition coefficient (Wildman–Crippen LogP) is 3.07. The summed E-state index contributed by atoms with van der Waals surface area (Å²) in [6.07, 6.45) is 7.63. The van der Waals surface area contributed by atoms with E-state index < -0.39 is 0 Å². The van der Waals surface area contributed by atoms with Crippen LogP contribution in [0, 0.1) is 29.6 Å². The van der Waals surface area contributed by atoms with E-state index in [0.29, 0.717) is 6.04 Å². The molecule has 1 N–H and O–H groups in total. The molecule has 0 aromatic heterocycles. The largest absolute Gasteiger partial charge is 0.380 e. The highest BCUT2D eigenvalue weighted by molar-refractivity contribution is 5.01. The molecule has 0 amide bonds. The van der Waals surface area contributed by atoms with E-state index in [9.17, 15) is 0 Å². The average Bonchev–Trinajstić information content (AvgIpc) is 2.34. The maximum Gasteiger partial charge on any atom is 0.0622 e. The zero-order valence-electron chi connectivity index (χ0n) is 12.0. The molecule has 4 aliphatic rings. The van der Waals surface area contributed by atoms with Crippen LogP contribution in [-0.2, 0) is 4.74 Å². The second kappa shape index (κ2) is 5.50. The predicted molar refractivity (Wildman–Crippen MR) is 74.5 cm³/mol. The van der Waals surface area contributed by atoms with Crippen LogP contribution in [0.2, 0.25) is 0 Å². The van der Waals surface area contributed by atoms with E-state index in [1.165, 1.54) is 25.7 Å². The monoisotopic (exact) mass is 251 g/mol. The standard InChI is InChI=1S/C16H29NO/c1-3-17-15(10-18-4-2)16-13-6-11-5-12(8-13)9-14(16)7-11/h11-17H,3-10H2,1-2H3. The fourth-order valence-corrected chi connectivity index (χ4v) is 5.44. The van der Waals surface area contributed by atoms with E-state index in [0.717, 1.165) is 49.3 Å². The molecule has 2 heteroatoms. The van der Waals surface area contributed by atoms with Crippen molar-refractivity contribution in [1.29, 1.82) is 0 Å². The Morgan fingerprint density at radius 1 is 1.00 bits per heavy atom. The zero-order chi connectivity index (χ0) is 12.5. The van der Waals surface area contributed by atoms with Gasteiger partial charge in [-0.3, -0.25) is 0 Å². The summed E-state index contributed by atoms with van der Waals surface area (Å²) in [7, 11) is 0. The molecule has 1 unspecified atom stereocenters. The van der Waals surface area contributed by atoms with Crippen LogP contribution in [0.1, 0.15) is 46.0 Å². The minimum atomic E-state index is 0.616. The summed E-state index contributed by atoms with van der Waals surface area (Å²) in [6.45, 7) is 7.21. The fraction of sp³-hybridized carbons (Fsp3) is 1.00. The summed E-state index contributed by atoms with van der Waals surface area (Å²) < 4.78 is 5.74. The third-order valence-electron chi connectivity index (χ3n) is 5.73. The fourth-order valence-electron chi connectivity index (χ4n) is 5.44. The lowest BCUT2D eigenvalue weighted by atomic mass is 9.50. The third-order valence-corrected chi connectivity index (χ3v) is 5.73. The Morgan fingerprint density at radius 2 is 1.61 bits per heavy atom. The molecule has 4 fully saturated rings. The third kappa shape index (κ3) is 2.34. The van der Waals surface area contributed by atoms with E-state index in [1.807, 2.05) is 0 Å². The summed E-state index contributed by atoms with van der Waals surface area (Å²) in [4.78, 5) is 0. The average molecular weight is 251 g/mol. The molecule has 1 atom stereocenters. The van der Waals surface area contributed by atoms with Crippen molar-refractivity contribution in [3.63, 3.8) is 0 Å². The van der Waals surface area contributed by atoms with Gasteiger partial charge in [0, 0.05) is 12.6 Å². The Hall–Kier alpha value is -0.0800. The minimum absolute atomic E-state index is 0.616. The minimum Gasteiger partial charge on any atom is -0.380 e. The van der Waals surface area contributed by atoms with E-state index in [2.05, 4.69) is 19.2 Å². The molecule has 0 aromatic carbocycles. The van der Waals surface area contributed by atoms with E-state index in [-0.39, 0.29) is 0 Å². The Bertz CT molecular complexity index is 250. The number of rotatable bonds is 6. The Kier molecular flexibility index (Phi) is 3.95. The molecule has 4 aliphatic carbocycles. The van der Waals surface area contributed by atoms with Crippen LogP contribution < -0.4 is 5.32 Å². The molecule has 0 saturated heterocycles. The van der Waals surface area contributed by atoms with Crippen molar-refractivity contribution in [3.05, 3.63) is 0 Å². The highest BCUT2D eigenvalue weighted by Gasteiger charge is 2.50. The second-order valence-electron chi connectivity index (χ2n) is 6.83. The van der Waals surface area contributed by atoms with Crippen LogP contribution >= 0.6 is 0 Å². The first-order valence-electron chi connectivity index (χ1n) is 8.12. The summed E-state index contributed by atoms with van der Waals surface area (Å²) in [5, 5.41) is 3.72. The van der Waals surface area contributed by atoms with Gasteiger partial charge in [0.25, 0.3) is 0 Å². The van der Waals surface area contributed by atoms with Gasteiger partial charge in [0.2, 0.25) is 0 Å². The van der Waals surface area contributed by atoms with Crippen molar-refractivity contribution >= 4 is 0 Å². The SMILES string of the molecule is CCNC(COCC)C1C2CC3CC(C2)CC1C3. The Morgan fingerprint density at radius 3 is 2.11 bits per heavy atom. The Labute approximate surface area is 112 Å². The van der Waals surface area contributed by atoms with Gasteiger partial charge in [0.05, 0.1) is 6.61 Å². The van der Waals surface area contributed by atoms with Gasteiger partial charge >= 0.3 is 0 Å². The van der Waals surface area contributed by atoms with Crippen LogP contribution in [0.4, 0.5) is 0 Å². The maximum absolute atomic E-state index is 5.74. The van der Waals surface area contributed by atoms with Crippen molar-refractivity contribution < 1.29 is 4.74 Å². The molecule has 0 heterocycles. The molecule has 4 saturated carbocycles. The van der Waals surface area contributed by atoms with Gasteiger partial charge in [-0.25, -0.2) is 0 Å². The zero-order valence-corrected chi connectivity index (χ0v) is 12.0. The van der Waals surface area contributed by atoms with Crippen molar-refractivity contribution in [2.75, 3.05) is 19.8 Å². The number of ether oxygens (including phenoxy) is 1. The normalized spacial score (nSPS) is 43.3. The molecule has 4 rings (SSSR count). The van der Waals surface area contributed by atoms with Gasteiger partial charge in [-0.15, -0.1) is 0 Å². The number of hydrogen-bond acceptors (Lipinski definition) is 2. The number of likely N-dealkylation sites (N-methyl/N-ethyl adjacent to an activating group) is 1. The number of hydrogen-bond donors (Lipinski definition) is 1. The molecular weight excluding hydrogens is 222 g/mol. The molecule has 4 bridgehead atoms. The lowest BCUT2D eigenvalue weighted by Gasteiger charge is -2.56.